The molecule has 3 nitrogen and oxygen atoms in total. The maximum atomic E-state index is 6.26. The predicted molar refractivity (Wildman–Crippen MR) is 86.2 cm³/mol. The van der Waals surface area contributed by atoms with Gasteiger partial charge in [-0.2, -0.15) is 0 Å². The van der Waals surface area contributed by atoms with E-state index in [2.05, 4.69) is 18.7 Å². The van der Waals surface area contributed by atoms with Gasteiger partial charge in [-0.3, -0.25) is 4.90 Å². The summed E-state index contributed by atoms with van der Waals surface area (Å²) in [6.45, 7) is 7.18. The van der Waals surface area contributed by atoms with Crippen molar-refractivity contribution >= 4 is 11.6 Å². The maximum Gasteiger partial charge on any atom is 0.0589 e. The first-order valence-electron chi connectivity index (χ1n) is 7.32. The minimum atomic E-state index is 0.0568. The van der Waals surface area contributed by atoms with Crippen LogP contribution in [0.2, 0.25) is 5.02 Å². The first-order chi connectivity index (χ1) is 9.58. The van der Waals surface area contributed by atoms with Gasteiger partial charge in [0.1, 0.15) is 0 Å². The van der Waals surface area contributed by atoms with Gasteiger partial charge in [0.15, 0.2) is 0 Å². The molecule has 0 saturated heterocycles. The van der Waals surface area contributed by atoms with E-state index < -0.39 is 0 Å². The number of benzene rings is 1. The fourth-order valence-electron chi connectivity index (χ4n) is 2.20. The van der Waals surface area contributed by atoms with Crippen molar-refractivity contribution in [3.63, 3.8) is 0 Å². The molecule has 0 aliphatic carbocycles. The van der Waals surface area contributed by atoms with Crippen LogP contribution in [0.3, 0.4) is 0 Å². The van der Waals surface area contributed by atoms with Crippen molar-refractivity contribution in [2.24, 2.45) is 5.73 Å². The number of hydrogen-bond donors (Lipinski definition) is 1. The third kappa shape index (κ3) is 5.80. The Balaban J connectivity index is 2.50. The number of halogens is 1. The summed E-state index contributed by atoms with van der Waals surface area (Å²) in [4.78, 5) is 2.44. The second kappa shape index (κ2) is 9.35. The lowest BCUT2D eigenvalue weighted by atomic mass is 10.0. The number of hydrogen-bond acceptors (Lipinski definition) is 3. The van der Waals surface area contributed by atoms with Gasteiger partial charge < -0.3 is 10.5 Å². The zero-order chi connectivity index (χ0) is 15.0. The Morgan fingerprint density at radius 3 is 2.45 bits per heavy atom. The Kier molecular flexibility index (Phi) is 8.15. The highest BCUT2D eigenvalue weighted by molar-refractivity contribution is 6.30. The molecule has 1 rings (SSSR count). The third-order valence-corrected chi connectivity index (χ3v) is 4.07. The van der Waals surface area contributed by atoms with E-state index in [1.165, 1.54) is 0 Å². The largest absolute Gasteiger partial charge is 0.383 e. The van der Waals surface area contributed by atoms with Crippen LogP contribution in [0.1, 0.15) is 38.3 Å². The molecule has 2 N–H and O–H groups in total. The molecule has 1 aromatic rings. The summed E-state index contributed by atoms with van der Waals surface area (Å²) in [7, 11) is 1.74. The van der Waals surface area contributed by atoms with Crippen molar-refractivity contribution in [3.05, 3.63) is 34.9 Å². The first-order valence-corrected chi connectivity index (χ1v) is 7.70. The molecule has 114 valence electrons. The van der Waals surface area contributed by atoms with Gasteiger partial charge in [-0.05, 0) is 37.5 Å². The van der Waals surface area contributed by atoms with Crippen molar-refractivity contribution in [3.8, 4) is 0 Å². The second-order valence-electron chi connectivity index (χ2n) is 5.23. The molecule has 0 aliphatic heterocycles. The summed E-state index contributed by atoms with van der Waals surface area (Å²) in [5, 5.41) is 0.752. The van der Waals surface area contributed by atoms with E-state index in [-0.39, 0.29) is 6.04 Å². The maximum absolute atomic E-state index is 6.26. The van der Waals surface area contributed by atoms with Crippen LogP contribution in [0.4, 0.5) is 0 Å². The summed E-state index contributed by atoms with van der Waals surface area (Å²) < 4.78 is 5.18. The molecule has 0 heterocycles. The second-order valence-corrected chi connectivity index (χ2v) is 5.67. The van der Waals surface area contributed by atoms with Gasteiger partial charge in [-0.15, -0.1) is 0 Å². The normalized spacial score (nSPS) is 14.5. The van der Waals surface area contributed by atoms with Crippen molar-refractivity contribution in [1.29, 1.82) is 0 Å². The minimum absolute atomic E-state index is 0.0568. The number of rotatable bonds is 9. The van der Waals surface area contributed by atoms with E-state index in [9.17, 15) is 0 Å². The van der Waals surface area contributed by atoms with Gasteiger partial charge in [-0.25, -0.2) is 0 Å². The van der Waals surface area contributed by atoms with E-state index in [1.54, 1.807) is 7.11 Å². The predicted octanol–water partition coefficient (Wildman–Crippen LogP) is 3.48. The highest BCUT2D eigenvalue weighted by Gasteiger charge is 2.14. The van der Waals surface area contributed by atoms with Crippen molar-refractivity contribution in [1.82, 2.24) is 4.90 Å². The average Bonchev–Trinajstić information content (AvgIpc) is 2.47. The molecule has 4 heteroatoms. The molecule has 20 heavy (non-hydrogen) atoms. The van der Waals surface area contributed by atoms with E-state index in [0.29, 0.717) is 6.04 Å². The molecule has 2 unspecified atom stereocenters. The zero-order valence-electron chi connectivity index (χ0n) is 12.8. The molecule has 0 spiro atoms. The molecular weight excluding hydrogens is 272 g/mol. The molecule has 0 radical (unpaired) electrons. The standard InChI is InChI=1S/C16H27ClN2O/c1-4-13(2)19(11-12-20-3)10-9-16(18)14-5-7-15(17)8-6-14/h5-8,13,16H,4,9-12,18H2,1-3H3. The van der Waals surface area contributed by atoms with Crippen LogP contribution in [-0.2, 0) is 4.74 Å². The topological polar surface area (TPSA) is 38.5 Å². The van der Waals surface area contributed by atoms with Gasteiger partial charge in [0.25, 0.3) is 0 Å². The Morgan fingerprint density at radius 2 is 1.90 bits per heavy atom. The van der Waals surface area contributed by atoms with Crippen LogP contribution < -0.4 is 5.73 Å². The van der Waals surface area contributed by atoms with Crippen LogP contribution in [0.25, 0.3) is 0 Å². The number of nitrogens with zero attached hydrogens (tertiary/aromatic N) is 1. The quantitative estimate of drug-likeness (QED) is 0.758. The Hall–Kier alpha value is -0.610. The highest BCUT2D eigenvalue weighted by Crippen LogP contribution is 2.18. The lowest BCUT2D eigenvalue weighted by Gasteiger charge is -2.29. The molecule has 2 atom stereocenters. The van der Waals surface area contributed by atoms with Crippen LogP contribution in [-0.4, -0.2) is 37.7 Å². The molecular formula is C16H27ClN2O. The van der Waals surface area contributed by atoms with Crippen molar-refractivity contribution < 1.29 is 4.74 Å². The first kappa shape index (κ1) is 17.4. The minimum Gasteiger partial charge on any atom is -0.383 e. The van der Waals surface area contributed by atoms with E-state index >= 15 is 0 Å². The van der Waals surface area contributed by atoms with Crippen LogP contribution in [0, 0.1) is 0 Å². The average molecular weight is 299 g/mol. The molecule has 0 fully saturated rings. The summed E-state index contributed by atoms with van der Waals surface area (Å²) in [5.41, 5.74) is 7.41. The number of ether oxygens (including phenoxy) is 1. The lowest BCUT2D eigenvalue weighted by molar-refractivity contribution is 0.120. The molecule has 0 aromatic heterocycles. The Morgan fingerprint density at radius 1 is 1.25 bits per heavy atom. The SMILES string of the molecule is CCC(C)N(CCOC)CCC(N)c1ccc(Cl)cc1. The van der Waals surface area contributed by atoms with Gasteiger partial charge in [0, 0.05) is 37.3 Å². The summed E-state index contributed by atoms with van der Waals surface area (Å²) >= 11 is 5.90. The summed E-state index contributed by atoms with van der Waals surface area (Å²) in [5.74, 6) is 0. The Labute approximate surface area is 128 Å². The van der Waals surface area contributed by atoms with Crippen molar-refractivity contribution in [2.45, 2.75) is 38.8 Å². The monoisotopic (exact) mass is 298 g/mol. The number of nitrogens with two attached hydrogens (primary N) is 1. The van der Waals surface area contributed by atoms with Crippen molar-refractivity contribution in [2.75, 3.05) is 26.8 Å². The lowest BCUT2D eigenvalue weighted by Crippen LogP contribution is -2.37. The van der Waals surface area contributed by atoms with E-state index in [4.69, 9.17) is 22.1 Å². The molecule has 0 aliphatic rings. The molecule has 1 aromatic carbocycles. The fourth-order valence-corrected chi connectivity index (χ4v) is 2.33. The van der Waals surface area contributed by atoms with Gasteiger partial charge in [-0.1, -0.05) is 30.7 Å². The summed E-state index contributed by atoms with van der Waals surface area (Å²) in [6, 6.07) is 8.43. The zero-order valence-corrected chi connectivity index (χ0v) is 13.6. The smallest absolute Gasteiger partial charge is 0.0589 e. The van der Waals surface area contributed by atoms with Crippen LogP contribution in [0.15, 0.2) is 24.3 Å². The molecule has 0 amide bonds. The Bertz CT molecular complexity index is 369. The molecule has 0 bridgehead atoms. The van der Waals surface area contributed by atoms with Gasteiger partial charge in [0.2, 0.25) is 0 Å². The molecule has 0 saturated carbocycles. The fraction of sp³-hybridized carbons (Fsp3) is 0.625. The van der Waals surface area contributed by atoms with E-state index in [1.807, 2.05) is 24.3 Å². The van der Waals surface area contributed by atoms with Crippen LogP contribution in [0.5, 0.6) is 0 Å². The summed E-state index contributed by atoms with van der Waals surface area (Å²) in [6.07, 6.45) is 2.08. The third-order valence-electron chi connectivity index (χ3n) is 3.82. The highest BCUT2D eigenvalue weighted by atomic mass is 35.5. The van der Waals surface area contributed by atoms with Gasteiger partial charge in [0.05, 0.1) is 6.61 Å². The van der Waals surface area contributed by atoms with Gasteiger partial charge >= 0.3 is 0 Å². The number of methoxy groups -OCH3 is 1. The van der Waals surface area contributed by atoms with Crippen LogP contribution >= 0.6 is 11.6 Å². The van der Waals surface area contributed by atoms with E-state index in [0.717, 1.165) is 43.1 Å².